The number of hydrogen-bond acceptors (Lipinski definition) is 6. The fourth-order valence-corrected chi connectivity index (χ4v) is 3.81. The molecule has 3 aromatic carbocycles. The van der Waals surface area contributed by atoms with Crippen molar-refractivity contribution in [3.05, 3.63) is 90.3 Å². The van der Waals surface area contributed by atoms with Crippen molar-refractivity contribution < 1.29 is 14.8 Å². The predicted octanol–water partition coefficient (Wildman–Crippen LogP) is 2.37. The molecule has 0 saturated carbocycles. The van der Waals surface area contributed by atoms with Gasteiger partial charge in [-0.25, -0.2) is 0 Å². The number of allylic oxidation sites excluding steroid dienone is 1. The van der Waals surface area contributed by atoms with Gasteiger partial charge in [-0.3, -0.25) is 14.8 Å². The molecule has 0 radical (unpaired) electrons. The Bertz CT molecular complexity index is 1110. The second kappa shape index (κ2) is 9.87. The molecule has 164 valence electrons. The smallest absolute Gasteiger partial charge is 0.426 e. The molecular weight excluding hydrogens is 403 g/mol. The maximum absolute atomic E-state index is 12.6. The number of nitrogens with one attached hydrogen (secondary N) is 2. The highest BCUT2D eigenvalue weighted by atomic mass is 16.4. The van der Waals surface area contributed by atoms with Gasteiger partial charge in [-0.05, 0) is 41.3 Å². The average Bonchev–Trinajstić information content (AvgIpc) is 3.18. The van der Waals surface area contributed by atoms with E-state index in [2.05, 4.69) is 10.9 Å². The van der Waals surface area contributed by atoms with Gasteiger partial charge in [0.15, 0.2) is 0 Å². The maximum Gasteiger partial charge on any atom is 0.475 e. The van der Waals surface area contributed by atoms with Gasteiger partial charge < -0.3 is 15.4 Å². The summed E-state index contributed by atoms with van der Waals surface area (Å²) in [5, 5.41) is 28.4. The Morgan fingerprint density at radius 1 is 1.03 bits per heavy atom. The first-order valence-corrected chi connectivity index (χ1v) is 10.7. The van der Waals surface area contributed by atoms with Crippen molar-refractivity contribution in [1.29, 1.82) is 0 Å². The van der Waals surface area contributed by atoms with Crippen molar-refractivity contribution in [1.82, 2.24) is 15.9 Å². The molecular formula is C24H27BN4O3. The summed E-state index contributed by atoms with van der Waals surface area (Å²) in [6.45, 7) is 0. The van der Waals surface area contributed by atoms with E-state index in [1.807, 2.05) is 96.1 Å². The molecule has 3 aromatic rings. The number of amides is 1. The molecule has 1 amide bonds. The molecule has 1 aliphatic rings. The zero-order valence-electron chi connectivity index (χ0n) is 18.0. The zero-order valence-corrected chi connectivity index (χ0v) is 18.0. The summed E-state index contributed by atoms with van der Waals surface area (Å²) in [6.07, 6.45) is 3.04. The number of benzene rings is 3. The van der Waals surface area contributed by atoms with E-state index in [0.717, 1.165) is 27.7 Å². The second-order valence-corrected chi connectivity index (χ2v) is 7.96. The second-order valence-electron chi connectivity index (χ2n) is 7.96. The van der Waals surface area contributed by atoms with Crippen molar-refractivity contribution in [3.8, 4) is 0 Å². The summed E-state index contributed by atoms with van der Waals surface area (Å²) in [5.41, 5.74) is 6.10. The van der Waals surface area contributed by atoms with Crippen LogP contribution in [0.2, 0.25) is 0 Å². The first-order valence-electron chi connectivity index (χ1n) is 10.7. The molecule has 1 aliphatic heterocycles. The molecule has 0 spiro atoms. The van der Waals surface area contributed by atoms with Crippen LogP contribution in [0.4, 0.5) is 5.69 Å². The maximum atomic E-state index is 12.6. The molecule has 1 unspecified atom stereocenters. The van der Waals surface area contributed by atoms with Crippen LogP contribution in [-0.2, 0) is 11.2 Å². The fourth-order valence-electron chi connectivity index (χ4n) is 3.81. The Morgan fingerprint density at radius 2 is 1.75 bits per heavy atom. The molecule has 0 fully saturated rings. The van der Waals surface area contributed by atoms with Crippen molar-refractivity contribution in [3.63, 3.8) is 0 Å². The van der Waals surface area contributed by atoms with E-state index in [1.165, 1.54) is 0 Å². The molecule has 32 heavy (non-hydrogen) atoms. The number of anilines is 1. The van der Waals surface area contributed by atoms with Gasteiger partial charge in [0.2, 0.25) is 5.91 Å². The van der Waals surface area contributed by atoms with Crippen molar-refractivity contribution in [2.45, 2.75) is 25.2 Å². The fraction of sp³-hybridized carbons (Fsp3) is 0.208. The summed E-state index contributed by atoms with van der Waals surface area (Å²) in [7, 11) is 0.251. The minimum atomic E-state index is -1.64. The third kappa shape index (κ3) is 5.29. The lowest BCUT2D eigenvalue weighted by atomic mass is 9.75. The van der Waals surface area contributed by atoms with Crippen LogP contribution in [0.3, 0.4) is 0 Å². The number of carbonyl (C=O) groups excluding carboxylic acids is 1. The van der Waals surface area contributed by atoms with E-state index >= 15 is 0 Å². The number of carbonyl (C=O) groups is 1. The lowest BCUT2D eigenvalue weighted by Gasteiger charge is -2.21. The monoisotopic (exact) mass is 430 g/mol. The van der Waals surface area contributed by atoms with Gasteiger partial charge in [0.25, 0.3) is 0 Å². The van der Waals surface area contributed by atoms with Crippen molar-refractivity contribution >= 4 is 29.5 Å². The number of hydrogen-bond donors (Lipinski definition) is 4. The van der Waals surface area contributed by atoms with Crippen LogP contribution in [0.1, 0.15) is 18.4 Å². The molecule has 1 atom stereocenters. The first kappa shape index (κ1) is 21.9. The van der Waals surface area contributed by atoms with Gasteiger partial charge in [-0.2, -0.15) is 0 Å². The minimum Gasteiger partial charge on any atom is -0.426 e. The van der Waals surface area contributed by atoms with Crippen LogP contribution in [0, 0.1) is 0 Å². The van der Waals surface area contributed by atoms with E-state index in [9.17, 15) is 14.8 Å². The number of nitrogens with zero attached hydrogens (tertiary/aromatic N) is 2. The van der Waals surface area contributed by atoms with Crippen LogP contribution in [0.25, 0.3) is 10.8 Å². The first-order chi connectivity index (χ1) is 15.5. The van der Waals surface area contributed by atoms with E-state index < -0.39 is 13.1 Å². The molecule has 0 saturated heterocycles. The third-order valence-electron chi connectivity index (χ3n) is 5.59. The highest BCUT2D eigenvalue weighted by Gasteiger charge is 2.26. The van der Waals surface area contributed by atoms with Crippen LogP contribution in [-0.4, -0.2) is 41.1 Å². The van der Waals surface area contributed by atoms with Gasteiger partial charge in [0.1, 0.15) is 0 Å². The lowest BCUT2D eigenvalue weighted by molar-refractivity contribution is -0.121. The number of hydrazine groups is 2. The van der Waals surface area contributed by atoms with E-state index in [4.69, 9.17) is 0 Å². The average molecular weight is 430 g/mol. The van der Waals surface area contributed by atoms with E-state index in [1.54, 1.807) is 0 Å². The van der Waals surface area contributed by atoms with Crippen LogP contribution >= 0.6 is 0 Å². The normalized spacial score (nSPS) is 14.4. The van der Waals surface area contributed by atoms with Crippen molar-refractivity contribution in [2.24, 2.45) is 0 Å². The summed E-state index contributed by atoms with van der Waals surface area (Å²) in [6, 6.07) is 23.8. The topological polar surface area (TPSA) is 88.1 Å². The SMILES string of the molecule is CN1NN(c2ccccc2)C=C1CCC(=O)NC(Cc1ccc2ccccc2c1)B(O)O. The Morgan fingerprint density at radius 3 is 2.50 bits per heavy atom. The molecule has 4 N–H and O–H groups in total. The summed E-state index contributed by atoms with van der Waals surface area (Å²) >= 11 is 0. The molecule has 0 aromatic heterocycles. The summed E-state index contributed by atoms with van der Waals surface area (Å²) in [5.74, 6) is -1.01. The highest BCUT2D eigenvalue weighted by molar-refractivity contribution is 6.43. The molecule has 8 heteroatoms. The largest absolute Gasteiger partial charge is 0.475 e. The Labute approximate surface area is 188 Å². The lowest BCUT2D eigenvalue weighted by Crippen LogP contribution is -2.47. The van der Waals surface area contributed by atoms with E-state index in [-0.39, 0.29) is 12.3 Å². The van der Waals surface area contributed by atoms with Crippen LogP contribution in [0.5, 0.6) is 0 Å². The Balaban J connectivity index is 1.35. The summed E-state index contributed by atoms with van der Waals surface area (Å²) < 4.78 is 0. The Hall–Kier alpha value is -3.33. The molecule has 0 aliphatic carbocycles. The standard InChI is InChI=1S/C24H27BN4O3/c1-28-22(17-29(27-28)21-9-3-2-4-10-21)13-14-24(30)26-23(25(31)32)16-18-11-12-19-7-5-6-8-20(19)15-18/h2-12,15,17,23,27,31-32H,13-14,16H2,1H3,(H,26,30). The molecule has 1 heterocycles. The summed E-state index contributed by atoms with van der Waals surface area (Å²) in [4.78, 5) is 12.6. The number of para-hydroxylation sites is 1. The predicted molar refractivity (Wildman–Crippen MR) is 127 cm³/mol. The van der Waals surface area contributed by atoms with E-state index in [0.29, 0.717) is 12.8 Å². The van der Waals surface area contributed by atoms with Crippen molar-refractivity contribution in [2.75, 3.05) is 12.1 Å². The quantitative estimate of drug-likeness (QED) is 0.411. The van der Waals surface area contributed by atoms with Gasteiger partial charge in [-0.1, -0.05) is 60.7 Å². The third-order valence-corrected chi connectivity index (χ3v) is 5.59. The molecule has 7 nitrogen and oxygen atoms in total. The van der Waals surface area contributed by atoms with Gasteiger partial charge in [0, 0.05) is 25.4 Å². The van der Waals surface area contributed by atoms with Gasteiger partial charge >= 0.3 is 7.12 Å². The van der Waals surface area contributed by atoms with Crippen LogP contribution < -0.4 is 15.9 Å². The zero-order chi connectivity index (χ0) is 22.5. The van der Waals surface area contributed by atoms with Crippen LogP contribution in [0.15, 0.2) is 84.7 Å². The Kier molecular flexibility index (Phi) is 6.75. The molecule has 0 bridgehead atoms. The van der Waals surface area contributed by atoms with Gasteiger partial charge in [0.05, 0.1) is 11.6 Å². The number of fused-ring (bicyclic) bond motifs is 1. The molecule has 4 rings (SSSR count). The number of rotatable bonds is 8. The van der Waals surface area contributed by atoms with Gasteiger partial charge in [-0.15, -0.1) is 5.53 Å². The highest BCUT2D eigenvalue weighted by Crippen LogP contribution is 2.21. The minimum absolute atomic E-state index is 0.226.